The highest BCUT2D eigenvalue weighted by atomic mass is 16.7. The molecule has 0 atom stereocenters. The Kier molecular flexibility index (Phi) is 3.97. The van der Waals surface area contributed by atoms with Gasteiger partial charge in [0.05, 0.1) is 13.2 Å². The molecule has 3 rings (SSSR count). The number of nitrogens with zero attached hydrogens (tertiary/aromatic N) is 2. The van der Waals surface area contributed by atoms with E-state index in [1.54, 1.807) is 20.2 Å². The van der Waals surface area contributed by atoms with E-state index in [2.05, 4.69) is 10.3 Å². The number of hydrogen-bond acceptors (Lipinski definition) is 5. The molecule has 7 nitrogen and oxygen atoms in total. The van der Waals surface area contributed by atoms with Gasteiger partial charge >= 0.3 is 0 Å². The van der Waals surface area contributed by atoms with E-state index >= 15 is 0 Å². The number of rotatable bonds is 4. The second kappa shape index (κ2) is 6.07. The summed E-state index contributed by atoms with van der Waals surface area (Å²) in [5, 5.41) is 3.03. The molecule has 1 fully saturated rings. The van der Waals surface area contributed by atoms with Crippen molar-refractivity contribution in [1.82, 2.24) is 10.2 Å². The summed E-state index contributed by atoms with van der Waals surface area (Å²) in [5.74, 6) is 1.79. The zero-order valence-corrected chi connectivity index (χ0v) is 12.5. The van der Waals surface area contributed by atoms with Crippen LogP contribution in [0, 0.1) is 0 Å². The lowest BCUT2D eigenvalue weighted by Crippen LogP contribution is -2.28. The zero-order valence-electron chi connectivity index (χ0n) is 12.5. The van der Waals surface area contributed by atoms with Crippen molar-refractivity contribution in [1.29, 1.82) is 0 Å². The number of ether oxygens (including phenoxy) is 3. The first-order valence-electron chi connectivity index (χ1n) is 6.89. The Morgan fingerprint density at radius 2 is 2.23 bits per heavy atom. The lowest BCUT2D eigenvalue weighted by molar-refractivity contribution is -0.121. The topological polar surface area (TPSA) is 72.4 Å². The largest absolute Gasteiger partial charge is 0.454 e. The smallest absolute Gasteiger partial charge is 0.276 e. The highest BCUT2D eigenvalue weighted by Gasteiger charge is 2.28. The Hall–Kier alpha value is -2.54. The molecule has 1 N–H and O–H groups in total. The molecule has 2 aliphatic rings. The first-order valence-corrected chi connectivity index (χ1v) is 6.89. The SMILES string of the molecule is COCCN=C1N/C(=C\c2ccc3c(c2)OCO3)C(=O)N1C. The number of fused-ring (bicyclic) bond motifs is 1. The van der Waals surface area contributed by atoms with Crippen LogP contribution in [0.15, 0.2) is 28.9 Å². The van der Waals surface area contributed by atoms with Gasteiger partial charge in [0.15, 0.2) is 11.5 Å². The molecule has 1 saturated heterocycles. The molecule has 0 saturated carbocycles. The first kappa shape index (κ1) is 14.4. The van der Waals surface area contributed by atoms with Crippen molar-refractivity contribution in [2.45, 2.75) is 0 Å². The fourth-order valence-electron chi connectivity index (χ4n) is 2.19. The third-order valence-electron chi connectivity index (χ3n) is 3.36. The summed E-state index contributed by atoms with van der Waals surface area (Å²) < 4.78 is 15.6. The van der Waals surface area contributed by atoms with Crippen LogP contribution in [-0.4, -0.2) is 50.9 Å². The number of aliphatic imine (C=N–C) groups is 1. The van der Waals surface area contributed by atoms with Crippen LogP contribution in [0.4, 0.5) is 0 Å². The number of hydrogen-bond donors (Lipinski definition) is 1. The Morgan fingerprint density at radius 3 is 3.05 bits per heavy atom. The molecule has 116 valence electrons. The zero-order chi connectivity index (χ0) is 15.5. The van der Waals surface area contributed by atoms with E-state index in [9.17, 15) is 4.79 Å². The fourth-order valence-corrected chi connectivity index (χ4v) is 2.19. The Bertz CT molecular complexity index is 654. The summed E-state index contributed by atoms with van der Waals surface area (Å²) in [6.07, 6.45) is 1.76. The molecule has 1 amide bonds. The van der Waals surface area contributed by atoms with Gasteiger partial charge in [-0.05, 0) is 23.8 Å². The predicted octanol–water partition coefficient (Wildman–Crippen LogP) is 0.820. The van der Waals surface area contributed by atoms with Gasteiger partial charge in [0.1, 0.15) is 5.70 Å². The van der Waals surface area contributed by atoms with Crippen molar-refractivity contribution in [2.75, 3.05) is 34.1 Å². The molecule has 1 aromatic carbocycles. The molecule has 0 spiro atoms. The van der Waals surface area contributed by atoms with Crippen molar-refractivity contribution in [3.05, 3.63) is 29.5 Å². The van der Waals surface area contributed by atoms with Gasteiger partial charge in [-0.2, -0.15) is 0 Å². The van der Waals surface area contributed by atoms with Crippen molar-refractivity contribution >= 4 is 17.9 Å². The molecule has 0 aromatic heterocycles. The Morgan fingerprint density at radius 1 is 1.41 bits per heavy atom. The van der Waals surface area contributed by atoms with E-state index in [4.69, 9.17) is 14.2 Å². The first-order chi connectivity index (χ1) is 10.7. The van der Waals surface area contributed by atoms with Gasteiger partial charge in [0, 0.05) is 14.2 Å². The summed E-state index contributed by atoms with van der Waals surface area (Å²) in [4.78, 5) is 18.0. The molecule has 0 unspecified atom stereocenters. The molecule has 1 aromatic rings. The molecule has 0 radical (unpaired) electrons. The molecular formula is C15H17N3O4. The van der Waals surface area contributed by atoms with Crippen LogP contribution in [0.2, 0.25) is 0 Å². The van der Waals surface area contributed by atoms with E-state index in [0.717, 1.165) is 5.56 Å². The van der Waals surface area contributed by atoms with Gasteiger partial charge in [-0.3, -0.25) is 14.7 Å². The summed E-state index contributed by atoms with van der Waals surface area (Å²) in [5.41, 5.74) is 1.32. The number of nitrogens with one attached hydrogen (secondary N) is 1. The lowest BCUT2D eigenvalue weighted by atomic mass is 10.1. The molecular weight excluding hydrogens is 286 g/mol. The minimum Gasteiger partial charge on any atom is -0.454 e. The Labute approximate surface area is 128 Å². The molecule has 0 bridgehead atoms. The number of benzene rings is 1. The third-order valence-corrected chi connectivity index (χ3v) is 3.36. The predicted molar refractivity (Wildman–Crippen MR) is 80.6 cm³/mol. The number of methoxy groups -OCH3 is 1. The fraction of sp³-hybridized carbons (Fsp3) is 0.333. The highest BCUT2D eigenvalue weighted by Crippen LogP contribution is 2.33. The van der Waals surface area contributed by atoms with E-state index < -0.39 is 0 Å². The standard InChI is InChI=1S/C15H17N3O4/c1-18-14(19)11(17-15(18)16-5-6-20-2)7-10-3-4-12-13(8-10)22-9-21-12/h3-4,7-8H,5-6,9H2,1-2H3,(H,16,17)/b11-7-. The van der Waals surface area contributed by atoms with Crippen LogP contribution >= 0.6 is 0 Å². The summed E-state index contributed by atoms with van der Waals surface area (Å²) in [7, 11) is 3.30. The molecule has 0 aliphatic carbocycles. The van der Waals surface area contributed by atoms with Crippen LogP contribution in [0.25, 0.3) is 6.08 Å². The maximum absolute atomic E-state index is 12.2. The van der Waals surface area contributed by atoms with Gasteiger partial charge in [-0.1, -0.05) is 6.07 Å². The monoisotopic (exact) mass is 303 g/mol. The van der Waals surface area contributed by atoms with Gasteiger partial charge in [0.2, 0.25) is 12.8 Å². The summed E-state index contributed by atoms with van der Waals surface area (Å²) in [6.45, 7) is 1.23. The quantitative estimate of drug-likeness (QED) is 0.658. The summed E-state index contributed by atoms with van der Waals surface area (Å²) in [6, 6.07) is 5.53. The maximum Gasteiger partial charge on any atom is 0.276 e. The van der Waals surface area contributed by atoms with Crippen molar-refractivity contribution in [3.63, 3.8) is 0 Å². The highest BCUT2D eigenvalue weighted by molar-refractivity contribution is 6.15. The normalized spacial score (nSPS) is 20.1. The lowest BCUT2D eigenvalue weighted by Gasteiger charge is -2.06. The average Bonchev–Trinajstić information content (AvgIpc) is 3.08. The van der Waals surface area contributed by atoms with E-state index in [0.29, 0.717) is 36.3 Å². The molecule has 22 heavy (non-hydrogen) atoms. The van der Waals surface area contributed by atoms with Crippen LogP contribution in [0.1, 0.15) is 5.56 Å². The number of amides is 1. The molecule has 7 heteroatoms. The van der Waals surface area contributed by atoms with E-state index in [1.807, 2.05) is 18.2 Å². The second-order valence-electron chi connectivity index (χ2n) is 4.86. The van der Waals surface area contributed by atoms with Crippen LogP contribution in [0.3, 0.4) is 0 Å². The van der Waals surface area contributed by atoms with Crippen LogP contribution < -0.4 is 14.8 Å². The summed E-state index contributed by atoms with van der Waals surface area (Å²) >= 11 is 0. The minimum atomic E-state index is -0.131. The van der Waals surface area contributed by atoms with Gasteiger partial charge < -0.3 is 19.5 Å². The number of likely N-dealkylation sites (N-methyl/N-ethyl adjacent to an activating group) is 1. The second-order valence-corrected chi connectivity index (χ2v) is 4.86. The maximum atomic E-state index is 12.2. The molecule has 2 aliphatic heterocycles. The van der Waals surface area contributed by atoms with Crippen molar-refractivity contribution in [2.24, 2.45) is 4.99 Å². The average molecular weight is 303 g/mol. The van der Waals surface area contributed by atoms with Gasteiger partial charge in [0.25, 0.3) is 5.91 Å². The number of carbonyl (C=O) groups is 1. The van der Waals surface area contributed by atoms with Crippen molar-refractivity contribution in [3.8, 4) is 11.5 Å². The van der Waals surface area contributed by atoms with Gasteiger partial charge in [-0.15, -0.1) is 0 Å². The Balaban J connectivity index is 1.79. The van der Waals surface area contributed by atoms with E-state index in [1.165, 1.54) is 4.90 Å². The van der Waals surface area contributed by atoms with Crippen molar-refractivity contribution < 1.29 is 19.0 Å². The minimum absolute atomic E-state index is 0.131. The third kappa shape index (κ3) is 2.75. The van der Waals surface area contributed by atoms with Crippen LogP contribution in [-0.2, 0) is 9.53 Å². The van der Waals surface area contributed by atoms with Crippen LogP contribution in [0.5, 0.6) is 11.5 Å². The molecule has 2 heterocycles. The van der Waals surface area contributed by atoms with Gasteiger partial charge in [-0.25, -0.2) is 0 Å². The number of carbonyl (C=O) groups excluding carboxylic acids is 1. The van der Waals surface area contributed by atoms with E-state index in [-0.39, 0.29) is 12.7 Å². The number of guanidine groups is 1.